The van der Waals surface area contributed by atoms with E-state index >= 15 is 0 Å². The quantitative estimate of drug-likeness (QED) is 0.687. The van der Waals surface area contributed by atoms with E-state index in [0.717, 1.165) is 27.6 Å². The van der Waals surface area contributed by atoms with Gasteiger partial charge in [0, 0.05) is 17.1 Å². The molecule has 0 fully saturated rings. The van der Waals surface area contributed by atoms with Gasteiger partial charge in [0.2, 0.25) is 0 Å². The summed E-state index contributed by atoms with van der Waals surface area (Å²) in [6.45, 7) is 4.08. The van der Waals surface area contributed by atoms with Crippen LogP contribution in [0.4, 0.5) is 0 Å². The van der Waals surface area contributed by atoms with Crippen molar-refractivity contribution >= 4 is 17.1 Å². The Kier molecular flexibility index (Phi) is 3.48. The molecule has 0 aliphatic carbocycles. The standard InChI is InChI=1S/C18H18N2O/c1-12-8-9-17-15(10-12)16(18(21)20-17)11-19-13(2)14-6-4-3-5-7-14/h3-11,13,20-21H,1-2H3. The minimum Gasteiger partial charge on any atom is -0.494 e. The predicted molar refractivity (Wildman–Crippen MR) is 87.2 cm³/mol. The third kappa shape index (κ3) is 2.68. The molecule has 21 heavy (non-hydrogen) atoms. The van der Waals surface area contributed by atoms with Gasteiger partial charge in [-0.15, -0.1) is 0 Å². The topological polar surface area (TPSA) is 48.4 Å². The Morgan fingerprint density at radius 1 is 1.14 bits per heavy atom. The molecule has 0 aliphatic rings. The summed E-state index contributed by atoms with van der Waals surface area (Å²) in [4.78, 5) is 7.55. The fourth-order valence-corrected chi connectivity index (χ4v) is 2.45. The van der Waals surface area contributed by atoms with Crippen molar-refractivity contribution in [3.63, 3.8) is 0 Å². The molecule has 3 rings (SSSR count). The molecule has 3 heteroatoms. The van der Waals surface area contributed by atoms with Gasteiger partial charge < -0.3 is 10.1 Å². The van der Waals surface area contributed by atoms with E-state index in [-0.39, 0.29) is 11.9 Å². The number of nitrogens with zero attached hydrogens (tertiary/aromatic N) is 1. The third-order valence-electron chi connectivity index (χ3n) is 3.68. The van der Waals surface area contributed by atoms with E-state index < -0.39 is 0 Å². The van der Waals surface area contributed by atoms with E-state index in [1.807, 2.05) is 44.2 Å². The average Bonchev–Trinajstić information content (AvgIpc) is 2.80. The Morgan fingerprint density at radius 2 is 1.90 bits per heavy atom. The first-order valence-corrected chi connectivity index (χ1v) is 7.04. The first-order chi connectivity index (χ1) is 10.1. The van der Waals surface area contributed by atoms with Crippen LogP contribution in [0, 0.1) is 6.92 Å². The molecule has 3 aromatic rings. The number of nitrogens with one attached hydrogen (secondary N) is 1. The van der Waals surface area contributed by atoms with Crippen LogP contribution >= 0.6 is 0 Å². The summed E-state index contributed by atoms with van der Waals surface area (Å²) in [6.07, 6.45) is 1.76. The van der Waals surface area contributed by atoms with Gasteiger partial charge in [0.1, 0.15) is 0 Å². The van der Waals surface area contributed by atoms with Crippen molar-refractivity contribution < 1.29 is 5.11 Å². The van der Waals surface area contributed by atoms with Gasteiger partial charge in [-0.2, -0.15) is 0 Å². The molecule has 1 aromatic heterocycles. The highest BCUT2D eigenvalue weighted by atomic mass is 16.3. The smallest absolute Gasteiger partial charge is 0.198 e. The normalized spacial score (nSPS) is 13.0. The maximum Gasteiger partial charge on any atom is 0.198 e. The van der Waals surface area contributed by atoms with Gasteiger partial charge >= 0.3 is 0 Å². The van der Waals surface area contributed by atoms with Crippen LogP contribution in [-0.4, -0.2) is 16.3 Å². The predicted octanol–water partition coefficient (Wildman–Crippen LogP) is 4.36. The van der Waals surface area contributed by atoms with Crippen LogP contribution in [0.1, 0.15) is 29.7 Å². The molecule has 0 saturated carbocycles. The minimum atomic E-state index is 0.0559. The lowest BCUT2D eigenvalue weighted by atomic mass is 10.1. The first kappa shape index (κ1) is 13.4. The largest absolute Gasteiger partial charge is 0.494 e. The van der Waals surface area contributed by atoms with Gasteiger partial charge in [-0.05, 0) is 31.5 Å². The monoisotopic (exact) mass is 278 g/mol. The molecule has 0 spiro atoms. The number of fused-ring (bicyclic) bond motifs is 1. The summed E-state index contributed by atoms with van der Waals surface area (Å²) in [6, 6.07) is 16.2. The summed E-state index contributed by atoms with van der Waals surface area (Å²) < 4.78 is 0. The second-order valence-corrected chi connectivity index (χ2v) is 5.30. The molecule has 0 bridgehead atoms. The lowest BCUT2D eigenvalue weighted by Crippen LogP contribution is -1.90. The number of aromatic nitrogens is 1. The van der Waals surface area contributed by atoms with Crippen LogP contribution in [0.5, 0.6) is 5.88 Å². The summed E-state index contributed by atoms with van der Waals surface area (Å²) in [5.74, 6) is 0.166. The van der Waals surface area contributed by atoms with Gasteiger partial charge in [0.15, 0.2) is 5.88 Å². The van der Waals surface area contributed by atoms with Crippen molar-refractivity contribution in [2.75, 3.05) is 0 Å². The lowest BCUT2D eigenvalue weighted by molar-refractivity contribution is 0.457. The molecule has 2 aromatic carbocycles. The number of hydrogen-bond donors (Lipinski definition) is 2. The molecule has 0 aliphatic heterocycles. The highest BCUT2D eigenvalue weighted by Gasteiger charge is 2.09. The van der Waals surface area contributed by atoms with Crippen LogP contribution < -0.4 is 0 Å². The van der Waals surface area contributed by atoms with E-state index in [1.54, 1.807) is 6.21 Å². The number of rotatable bonds is 3. The zero-order chi connectivity index (χ0) is 14.8. The second-order valence-electron chi connectivity index (χ2n) is 5.30. The Labute approximate surface area is 124 Å². The Bertz CT molecular complexity index is 788. The number of aromatic amines is 1. The average molecular weight is 278 g/mol. The Morgan fingerprint density at radius 3 is 2.67 bits per heavy atom. The van der Waals surface area contributed by atoms with Crippen molar-refractivity contribution in [3.8, 4) is 5.88 Å². The maximum atomic E-state index is 10.1. The number of aryl methyl sites for hydroxylation is 1. The molecule has 0 radical (unpaired) electrons. The summed E-state index contributed by atoms with van der Waals surface area (Å²) in [5, 5.41) is 11.1. The molecule has 1 atom stereocenters. The second kappa shape index (κ2) is 5.44. The fraction of sp³-hybridized carbons (Fsp3) is 0.167. The maximum absolute atomic E-state index is 10.1. The molecule has 106 valence electrons. The van der Waals surface area contributed by atoms with Gasteiger partial charge in [-0.1, -0.05) is 42.0 Å². The number of benzene rings is 2. The van der Waals surface area contributed by atoms with Crippen LogP contribution in [0.25, 0.3) is 10.9 Å². The van der Waals surface area contributed by atoms with Gasteiger partial charge in [-0.3, -0.25) is 4.99 Å². The van der Waals surface area contributed by atoms with Gasteiger partial charge in [0.25, 0.3) is 0 Å². The summed E-state index contributed by atoms with van der Waals surface area (Å²) in [5.41, 5.74) is 3.99. The van der Waals surface area contributed by atoms with E-state index in [2.05, 4.69) is 28.2 Å². The van der Waals surface area contributed by atoms with Crippen molar-refractivity contribution in [3.05, 3.63) is 65.2 Å². The number of aromatic hydroxyl groups is 1. The summed E-state index contributed by atoms with van der Waals surface area (Å²) in [7, 11) is 0. The van der Waals surface area contributed by atoms with Crippen LogP contribution in [0.2, 0.25) is 0 Å². The van der Waals surface area contributed by atoms with Crippen LogP contribution in [0.3, 0.4) is 0 Å². The van der Waals surface area contributed by atoms with E-state index in [4.69, 9.17) is 0 Å². The molecule has 0 amide bonds. The van der Waals surface area contributed by atoms with E-state index in [0.29, 0.717) is 0 Å². The first-order valence-electron chi connectivity index (χ1n) is 7.04. The van der Waals surface area contributed by atoms with E-state index in [1.165, 1.54) is 0 Å². The van der Waals surface area contributed by atoms with E-state index in [9.17, 15) is 5.11 Å². The zero-order valence-electron chi connectivity index (χ0n) is 12.2. The lowest BCUT2D eigenvalue weighted by Gasteiger charge is -2.05. The molecule has 0 saturated heterocycles. The molecular formula is C18H18N2O. The SMILES string of the molecule is Cc1ccc2[nH]c(O)c(C=NC(C)c3ccccc3)c2c1. The third-order valence-corrected chi connectivity index (χ3v) is 3.68. The van der Waals surface area contributed by atoms with Crippen molar-refractivity contribution in [2.45, 2.75) is 19.9 Å². The van der Waals surface area contributed by atoms with Crippen LogP contribution in [0.15, 0.2) is 53.5 Å². The van der Waals surface area contributed by atoms with Crippen LogP contribution in [-0.2, 0) is 0 Å². The zero-order valence-corrected chi connectivity index (χ0v) is 12.2. The number of hydrogen-bond acceptors (Lipinski definition) is 2. The molecule has 1 heterocycles. The molecule has 1 unspecified atom stereocenters. The number of H-pyrrole nitrogens is 1. The highest BCUT2D eigenvalue weighted by molar-refractivity contribution is 6.02. The molecule has 3 nitrogen and oxygen atoms in total. The van der Waals surface area contributed by atoms with Crippen molar-refractivity contribution in [2.24, 2.45) is 4.99 Å². The Hall–Kier alpha value is -2.55. The molecule has 2 N–H and O–H groups in total. The van der Waals surface area contributed by atoms with Gasteiger partial charge in [-0.25, -0.2) is 0 Å². The highest BCUT2D eigenvalue weighted by Crippen LogP contribution is 2.27. The molecular weight excluding hydrogens is 260 g/mol. The van der Waals surface area contributed by atoms with Crippen molar-refractivity contribution in [1.29, 1.82) is 0 Å². The fourth-order valence-electron chi connectivity index (χ4n) is 2.45. The van der Waals surface area contributed by atoms with Crippen molar-refractivity contribution in [1.82, 2.24) is 4.98 Å². The number of aliphatic imine (C=N–C) groups is 1. The minimum absolute atomic E-state index is 0.0559. The van der Waals surface area contributed by atoms with Gasteiger partial charge in [0.05, 0.1) is 11.6 Å². The Balaban J connectivity index is 1.96. The summed E-state index contributed by atoms with van der Waals surface area (Å²) >= 11 is 0.